The molecule has 3 nitrogen and oxygen atoms in total. The minimum absolute atomic E-state index is 0.289. The highest BCUT2D eigenvalue weighted by atomic mass is 79.9. The minimum Gasteiger partial charge on any atom is -0.495 e. The number of ether oxygens (including phenoxy) is 1. The third-order valence-electron chi connectivity index (χ3n) is 4.07. The molecule has 19 heavy (non-hydrogen) atoms. The highest BCUT2D eigenvalue weighted by Gasteiger charge is 2.46. The number of hydrogen-bond donors (Lipinski definition) is 1. The van der Waals surface area contributed by atoms with Crippen LogP contribution in [0.25, 0.3) is 0 Å². The number of hydrogen-bond acceptors (Lipinski definition) is 2. The maximum Gasteiger partial charge on any atom is 0.314 e. The van der Waals surface area contributed by atoms with Crippen LogP contribution in [0.15, 0.2) is 16.6 Å². The third-order valence-corrected chi connectivity index (χ3v) is 4.66. The summed E-state index contributed by atoms with van der Waals surface area (Å²) in [4.78, 5) is 11.6. The Morgan fingerprint density at radius 2 is 2.05 bits per heavy atom. The van der Waals surface area contributed by atoms with Crippen molar-refractivity contribution in [1.29, 1.82) is 0 Å². The van der Waals surface area contributed by atoms with Crippen LogP contribution in [-0.4, -0.2) is 18.2 Å². The lowest BCUT2D eigenvalue weighted by molar-refractivity contribution is -0.147. The summed E-state index contributed by atoms with van der Waals surface area (Å²) in [6, 6.07) is 3.90. The van der Waals surface area contributed by atoms with E-state index >= 15 is 0 Å². The molecule has 0 amide bonds. The summed E-state index contributed by atoms with van der Waals surface area (Å²) in [6.07, 6.45) is 2.42. The first-order valence-corrected chi connectivity index (χ1v) is 7.33. The zero-order chi connectivity index (χ0) is 14.2. The van der Waals surface area contributed by atoms with Crippen molar-refractivity contribution in [2.24, 2.45) is 0 Å². The van der Waals surface area contributed by atoms with Gasteiger partial charge in [0.15, 0.2) is 0 Å². The molecular weight excluding hydrogens is 308 g/mol. The van der Waals surface area contributed by atoms with Crippen LogP contribution in [0, 0.1) is 0 Å². The normalized spacial score (nSPS) is 17.1. The molecule has 0 radical (unpaired) electrons. The van der Waals surface area contributed by atoms with Crippen LogP contribution >= 0.6 is 15.9 Å². The van der Waals surface area contributed by atoms with Crippen LogP contribution in [0.2, 0.25) is 0 Å². The summed E-state index contributed by atoms with van der Waals surface area (Å²) in [6.45, 7) is 4.17. The van der Waals surface area contributed by atoms with E-state index in [2.05, 4.69) is 29.8 Å². The molecule has 104 valence electrons. The zero-order valence-corrected chi connectivity index (χ0v) is 13.1. The Morgan fingerprint density at radius 3 is 2.42 bits per heavy atom. The van der Waals surface area contributed by atoms with Gasteiger partial charge in [0, 0.05) is 0 Å². The van der Waals surface area contributed by atoms with E-state index in [4.69, 9.17) is 4.74 Å². The smallest absolute Gasteiger partial charge is 0.314 e. The molecule has 0 aliphatic heterocycles. The Bertz CT molecular complexity index is 504. The largest absolute Gasteiger partial charge is 0.495 e. The predicted molar refractivity (Wildman–Crippen MR) is 77.9 cm³/mol. The van der Waals surface area contributed by atoms with Gasteiger partial charge in [-0.15, -0.1) is 0 Å². The molecule has 0 heterocycles. The molecule has 0 spiro atoms. The van der Waals surface area contributed by atoms with E-state index in [0.717, 1.165) is 40.6 Å². The van der Waals surface area contributed by atoms with Gasteiger partial charge in [0.2, 0.25) is 0 Å². The van der Waals surface area contributed by atoms with Crippen molar-refractivity contribution < 1.29 is 14.6 Å². The summed E-state index contributed by atoms with van der Waals surface area (Å²) in [7, 11) is 1.64. The van der Waals surface area contributed by atoms with E-state index in [1.807, 2.05) is 12.1 Å². The fourth-order valence-electron chi connectivity index (χ4n) is 2.69. The molecule has 2 rings (SSSR count). The summed E-state index contributed by atoms with van der Waals surface area (Å²) >= 11 is 3.50. The molecule has 1 N–H and O–H groups in total. The van der Waals surface area contributed by atoms with Gasteiger partial charge in [-0.25, -0.2) is 0 Å². The molecule has 4 heteroatoms. The van der Waals surface area contributed by atoms with Crippen molar-refractivity contribution >= 4 is 21.9 Å². The van der Waals surface area contributed by atoms with Gasteiger partial charge in [-0.1, -0.05) is 26.3 Å². The second-order valence-electron chi connectivity index (χ2n) is 5.48. The van der Waals surface area contributed by atoms with Crippen LogP contribution in [0.4, 0.5) is 0 Å². The molecule has 0 aromatic heterocycles. The first-order valence-electron chi connectivity index (χ1n) is 6.53. The monoisotopic (exact) mass is 326 g/mol. The number of carboxylic acids is 1. The number of carboxylic acid groups (broad SMARTS) is 1. The van der Waals surface area contributed by atoms with Crippen LogP contribution < -0.4 is 4.74 Å². The molecule has 1 fully saturated rings. The topological polar surface area (TPSA) is 46.5 Å². The number of benzene rings is 1. The van der Waals surface area contributed by atoms with Crippen LogP contribution in [0.1, 0.15) is 50.2 Å². The molecular formula is C15H19BrO3. The second kappa shape index (κ2) is 5.16. The van der Waals surface area contributed by atoms with E-state index < -0.39 is 11.4 Å². The lowest BCUT2D eigenvalue weighted by Gasteiger charge is -2.38. The van der Waals surface area contributed by atoms with Crippen LogP contribution in [0.3, 0.4) is 0 Å². The van der Waals surface area contributed by atoms with Gasteiger partial charge in [0.05, 0.1) is 17.0 Å². The average Bonchev–Trinajstić information content (AvgIpc) is 2.25. The van der Waals surface area contributed by atoms with Crippen molar-refractivity contribution in [2.45, 2.75) is 44.4 Å². The molecule has 1 aromatic rings. The van der Waals surface area contributed by atoms with Crippen molar-refractivity contribution in [1.82, 2.24) is 0 Å². The summed E-state index contributed by atoms with van der Waals surface area (Å²) in [5.74, 6) is 0.376. The molecule has 0 unspecified atom stereocenters. The number of aliphatic carboxylic acids is 1. The molecule has 1 aromatic carbocycles. The van der Waals surface area contributed by atoms with Crippen LogP contribution in [-0.2, 0) is 10.2 Å². The standard InChI is InChI=1S/C15H19BrO3/c1-9(2)11-7-10(8-12(16)13(11)19-3)15(14(17)18)5-4-6-15/h7-9H,4-6H2,1-3H3,(H,17,18). The molecule has 0 saturated heterocycles. The van der Waals surface area contributed by atoms with Crippen LogP contribution in [0.5, 0.6) is 5.75 Å². The molecule has 1 saturated carbocycles. The first kappa shape index (κ1) is 14.4. The van der Waals surface area contributed by atoms with E-state index in [1.54, 1.807) is 7.11 Å². The number of rotatable bonds is 4. The average molecular weight is 327 g/mol. The Kier molecular flexibility index (Phi) is 3.90. The van der Waals surface area contributed by atoms with Crippen molar-refractivity contribution in [3.63, 3.8) is 0 Å². The van der Waals surface area contributed by atoms with Gasteiger partial charge in [0.1, 0.15) is 5.75 Å². The number of carbonyl (C=O) groups is 1. The zero-order valence-electron chi connectivity index (χ0n) is 11.5. The van der Waals surface area contributed by atoms with E-state index in [0.29, 0.717) is 0 Å². The van der Waals surface area contributed by atoms with E-state index in [9.17, 15) is 9.90 Å². The lowest BCUT2D eigenvalue weighted by Crippen LogP contribution is -2.42. The highest BCUT2D eigenvalue weighted by Crippen LogP contribution is 2.47. The third kappa shape index (κ3) is 2.27. The maximum absolute atomic E-state index is 11.6. The van der Waals surface area contributed by atoms with Crippen molar-refractivity contribution in [3.05, 3.63) is 27.7 Å². The van der Waals surface area contributed by atoms with Crippen molar-refractivity contribution in [3.8, 4) is 5.75 Å². The summed E-state index contributed by atoms with van der Waals surface area (Å²) in [5.41, 5.74) is 1.25. The lowest BCUT2D eigenvalue weighted by atomic mass is 9.64. The number of halogens is 1. The number of methoxy groups -OCH3 is 1. The molecule has 0 bridgehead atoms. The summed E-state index contributed by atoms with van der Waals surface area (Å²) in [5, 5.41) is 9.54. The quantitative estimate of drug-likeness (QED) is 0.906. The minimum atomic E-state index is -0.717. The fourth-order valence-corrected chi connectivity index (χ4v) is 3.33. The summed E-state index contributed by atoms with van der Waals surface area (Å²) < 4.78 is 6.26. The second-order valence-corrected chi connectivity index (χ2v) is 6.33. The molecule has 1 aliphatic rings. The van der Waals surface area contributed by atoms with Gasteiger partial charge in [0.25, 0.3) is 0 Å². The van der Waals surface area contributed by atoms with Crippen molar-refractivity contribution in [2.75, 3.05) is 7.11 Å². The Labute approximate surface area is 122 Å². The first-order chi connectivity index (χ1) is 8.92. The van der Waals surface area contributed by atoms with Gasteiger partial charge in [-0.2, -0.15) is 0 Å². The van der Waals surface area contributed by atoms with Gasteiger partial charge >= 0.3 is 5.97 Å². The SMILES string of the molecule is COc1c(Br)cc(C2(C(=O)O)CCC2)cc1C(C)C. The van der Waals surface area contributed by atoms with Gasteiger partial charge < -0.3 is 9.84 Å². The highest BCUT2D eigenvalue weighted by molar-refractivity contribution is 9.10. The Balaban J connectivity index is 2.57. The molecule has 1 aliphatic carbocycles. The Hall–Kier alpha value is -1.03. The molecule has 0 atom stereocenters. The van der Waals surface area contributed by atoms with Gasteiger partial charge in [-0.3, -0.25) is 4.79 Å². The Morgan fingerprint density at radius 1 is 1.42 bits per heavy atom. The fraction of sp³-hybridized carbons (Fsp3) is 0.533. The van der Waals surface area contributed by atoms with E-state index in [-0.39, 0.29) is 5.92 Å². The van der Waals surface area contributed by atoms with E-state index in [1.165, 1.54) is 0 Å². The predicted octanol–water partition coefficient (Wildman–Crippen LogP) is 4.09. The maximum atomic E-state index is 11.6. The van der Waals surface area contributed by atoms with Gasteiger partial charge in [-0.05, 0) is 51.9 Å².